The van der Waals surface area contributed by atoms with Gasteiger partial charge in [0.15, 0.2) is 0 Å². The van der Waals surface area contributed by atoms with Gasteiger partial charge in [0.25, 0.3) is 0 Å². The predicted molar refractivity (Wildman–Crippen MR) is 70.2 cm³/mol. The van der Waals surface area contributed by atoms with Crippen molar-refractivity contribution >= 4 is 29.2 Å². The molecule has 0 aliphatic carbocycles. The van der Waals surface area contributed by atoms with Crippen molar-refractivity contribution in [3.8, 4) is 0 Å². The van der Waals surface area contributed by atoms with Crippen LogP contribution in [-0.2, 0) is 4.79 Å². The summed E-state index contributed by atoms with van der Waals surface area (Å²) in [6, 6.07) is 4.26. The summed E-state index contributed by atoms with van der Waals surface area (Å²) in [7, 11) is 1.68. The standard InChI is InChI=1S/C12H15ClN2O3/c1-12(2,14-3)11(18)15-7-4-5-8(10(16)17)9(13)6-7/h4-6,14H,1-3H3,(H,15,18)(H,16,17). The Hall–Kier alpha value is -1.59. The third-order valence-electron chi connectivity index (χ3n) is 2.65. The van der Waals surface area contributed by atoms with Crippen LogP contribution in [0.1, 0.15) is 24.2 Å². The van der Waals surface area contributed by atoms with Crippen LogP contribution < -0.4 is 10.6 Å². The monoisotopic (exact) mass is 270 g/mol. The SMILES string of the molecule is CNC(C)(C)C(=O)Nc1ccc(C(=O)O)c(Cl)c1. The van der Waals surface area contributed by atoms with Crippen molar-refractivity contribution in [3.63, 3.8) is 0 Å². The quantitative estimate of drug-likeness (QED) is 0.782. The van der Waals surface area contributed by atoms with E-state index in [2.05, 4.69) is 10.6 Å². The van der Waals surface area contributed by atoms with Crippen LogP contribution in [0.25, 0.3) is 0 Å². The molecule has 0 saturated heterocycles. The first-order valence-electron chi connectivity index (χ1n) is 5.31. The molecule has 1 amide bonds. The molecule has 0 heterocycles. The first kappa shape index (κ1) is 14.5. The molecule has 18 heavy (non-hydrogen) atoms. The highest BCUT2D eigenvalue weighted by Gasteiger charge is 2.25. The van der Waals surface area contributed by atoms with Gasteiger partial charge in [0, 0.05) is 5.69 Å². The van der Waals surface area contributed by atoms with Crippen molar-refractivity contribution in [1.29, 1.82) is 0 Å². The summed E-state index contributed by atoms with van der Waals surface area (Å²) < 4.78 is 0. The van der Waals surface area contributed by atoms with Crippen LogP contribution in [0.4, 0.5) is 5.69 Å². The summed E-state index contributed by atoms with van der Waals surface area (Å²) in [6.45, 7) is 3.46. The van der Waals surface area contributed by atoms with Crippen LogP contribution in [0, 0.1) is 0 Å². The van der Waals surface area contributed by atoms with Crippen LogP contribution in [0.15, 0.2) is 18.2 Å². The van der Waals surface area contributed by atoms with Gasteiger partial charge < -0.3 is 15.7 Å². The molecule has 0 fully saturated rings. The maximum Gasteiger partial charge on any atom is 0.337 e. The minimum absolute atomic E-state index is 0.00235. The summed E-state index contributed by atoms with van der Waals surface area (Å²) in [5.74, 6) is -1.34. The van der Waals surface area contributed by atoms with Gasteiger partial charge in [-0.1, -0.05) is 11.6 Å². The lowest BCUT2D eigenvalue weighted by Gasteiger charge is -2.22. The summed E-state index contributed by atoms with van der Waals surface area (Å²) in [4.78, 5) is 22.6. The molecule has 0 spiro atoms. The van der Waals surface area contributed by atoms with Crippen LogP contribution >= 0.6 is 11.6 Å². The second-order valence-corrected chi connectivity index (χ2v) is 4.74. The number of nitrogens with one attached hydrogen (secondary N) is 2. The largest absolute Gasteiger partial charge is 0.478 e. The zero-order valence-corrected chi connectivity index (χ0v) is 11.1. The topological polar surface area (TPSA) is 78.4 Å². The van der Waals surface area contributed by atoms with Gasteiger partial charge in [0.2, 0.25) is 5.91 Å². The van der Waals surface area contributed by atoms with Gasteiger partial charge in [0.1, 0.15) is 0 Å². The predicted octanol–water partition coefficient (Wildman–Crippen LogP) is 1.97. The summed E-state index contributed by atoms with van der Waals surface area (Å²) in [5, 5.41) is 14.4. The number of aromatic carboxylic acids is 1. The minimum Gasteiger partial charge on any atom is -0.478 e. The second-order valence-electron chi connectivity index (χ2n) is 4.33. The third-order valence-corrected chi connectivity index (χ3v) is 2.96. The normalized spacial score (nSPS) is 11.1. The molecule has 0 atom stereocenters. The number of amides is 1. The molecular weight excluding hydrogens is 256 g/mol. The van der Waals surface area contributed by atoms with Crippen molar-refractivity contribution < 1.29 is 14.7 Å². The van der Waals surface area contributed by atoms with Gasteiger partial charge >= 0.3 is 5.97 Å². The highest BCUT2D eigenvalue weighted by Crippen LogP contribution is 2.21. The van der Waals surface area contributed by atoms with Crippen molar-refractivity contribution in [2.75, 3.05) is 12.4 Å². The number of carboxylic acid groups (broad SMARTS) is 1. The van der Waals surface area contributed by atoms with Gasteiger partial charge in [-0.25, -0.2) is 4.79 Å². The number of carbonyl (C=O) groups is 2. The number of carbonyl (C=O) groups excluding carboxylic acids is 1. The van der Waals surface area contributed by atoms with E-state index in [0.29, 0.717) is 5.69 Å². The summed E-state index contributed by atoms with van der Waals surface area (Å²) >= 11 is 5.81. The van der Waals surface area contributed by atoms with Gasteiger partial charge in [0.05, 0.1) is 16.1 Å². The van der Waals surface area contributed by atoms with Crippen LogP contribution in [0.5, 0.6) is 0 Å². The van der Waals surface area contributed by atoms with E-state index in [-0.39, 0.29) is 16.5 Å². The second kappa shape index (κ2) is 5.37. The van der Waals surface area contributed by atoms with E-state index in [9.17, 15) is 9.59 Å². The lowest BCUT2D eigenvalue weighted by Crippen LogP contribution is -2.47. The van der Waals surface area contributed by atoms with Crippen molar-refractivity contribution in [3.05, 3.63) is 28.8 Å². The number of rotatable bonds is 4. The van der Waals surface area contributed by atoms with E-state index < -0.39 is 11.5 Å². The number of carboxylic acids is 1. The molecule has 0 aromatic heterocycles. The van der Waals surface area contributed by atoms with E-state index in [0.717, 1.165) is 0 Å². The molecule has 1 aromatic carbocycles. The smallest absolute Gasteiger partial charge is 0.337 e. The average molecular weight is 271 g/mol. The average Bonchev–Trinajstić information content (AvgIpc) is 2.28. The Morgan fingerprint density at radius 2 is 1.94 bits per heavy atom. The van der Waals surface area contributed by atoms with E-state index in [4.69, 9.17) is 16.7 Å². The Labute approximate surface area is 110 Å². The number of hydrogen-bond donors (Lipinski definition) is 3. The molecule has 1 rings (SSSR count). The highest BCUT2D eigenvalue weighted by atomic mass is 35.5. The Kier molecular flexibility index (Phi) is 4.32. The highest BCUT2D eigenvalue weighted by molar-refractivity contribution is 6.33. The summed E-state index contributed by atoms with van der Waals surface area (Å²) in [5.41, 5.74) is -0.265. The molecule has 0 unspecified atom stereocenters. The van der Waals surface area contributed by atoms with Gasteiger partial charge in [-0.05, 0) is 39.1 Å². The molecule has 5 nitrogen and oxygen atoms in total. The molecule has 0 bridgehead atoms. The Balaban J connectivity index is 2.91. The number of hydrogen-bond acceptors (Lipinski definition) is 3. The Morgan fingerprint density at radius 1 is 1.33 bits per heavy atom. The van der Waals surface area contributed by atoms with Gasteiger partial charge in [-0.15, -0.1) is 0 Å². The van der Waals surface area contributed by atoms with Gasteiger partial charge in [-0.3, -0.25) is 4.79 Å². The van der Waals surface area contributed by atoms with E-state index in [1.165, 1.54) is 18.2 Å². The van der Waals surface area contributed by atoms with E-state index in [1.807, 2.05) is 0 Å². The number of likely N-dealkylation sites (N-methyl/N-ethyl adjacent to an activating group) is 1. The van der Waals surface area contributed by atoms with Crippen molar-refractivity contribution in [2.24, 2.45) is 0 Å². The molecule has 98 valence electrons. The summed E-state index contributed by atoms with van der Waals surface area (Å²) in [6.07, 6.45) is 0. The van der Waals surface area contributed by atoms with Crippen LogP contribution in [0.2, 0.25) is 5.02 Å². The number of halogens is 1. The van der Waals surface area contributed by atoms with Crippen LogP contribution in [-0.4, -0.2) is 29.6 Å². The zero-order valence-electron chi connectivity index (χ0n) is 10.4. The first-order valence-corrected chi connectivity index (χ1v) is 5.69. The van der Waals surface area contributed by atoms with Crippen LogP contribution in [0.3, 0.4) is 0 Å². The van der Waals surface area contributed by atoms with Gasteiger partial charge in [-0.2, -0.15) is 0 Å². The van der Waals surface area contributed by atoms with Crippen molar-refractivity contribution in [2.45, 2.75) is 19.4 Å². The Morgan fingerprint density at radius 3 is 2.39 bits per heavy atom. The molecular formula is C12H15ClN2O3. The molecule has 3 N–H and O–H groups in total. The minimum atomic E-state index is -1.10. The number of anilines is 1. The molecule has 1 aromatic rings. The third kappa shape index (κ3) is 3.21. The van der Waals surface area contributed by atoms with E-state index in [1.54, 1.807) is 20.9 Å². The maximum atomic E-state index is 11.9. The molecule has 0 radical (unpaired) electrons. The lowest BCUT2D eigenvalue weighted by molar-refractivity contribution is -0.121. The van der Waals surface area contributed by atoms with E-state index >= 15 is 0 Å². The fraction of sp³-hybridized carbons (Fsp3) is 0.333. The van der Waals surface area contributed by atoms with Crippen molar-refractivity contribution in [1.82, 2.24) is 5.32 Å². The fourth-order valence-electron chi connectivity index (χ4n) is 1.17. The molecule has 0 saturated carbocycles. The lowest BCUT2D eigenvalue weighted by atomic mass is 10.0. The molecule has 6 heteroatoms. The first-order chi connectivity index (χ1) is 8.27. The Bertz CT molecular complexity index is 486. The fourth-order valence-corrected chi connectivity index (χ4v) is 1.43. The molecule has 0 aliphatic rings. The molecule has 0 aliphatic heterocycles. The zero-order chi connectivity index (χ0) is 13.9. The number of benzene rings is 1. The maximum absolute atomic E-state index is 11.9.